The van der Waals surface area contributed by atoms with Crippen LogP contribution in [0.1, 0.15) is 27.2 Å². The van der Waals surface area contributed by atoms with Crippen molar-refractivity contribution in [1.29, 1.82) is 0 Å². The SMILES string of the molecule is CNC1COCC1CN(C)C(C)CC(C)C. The molecular formula is C13H28N2O. The van der Waals surface area contributed by atoms with Crippen LogP contribution < -0.4 is 5.32 Å². The van der Waals surface area contributed by atoms with Crippen LogP contribution in [0.5, 0.6) is 0 Å². The minimum absolute atomic E-state index is 0.536. The summed E-state index contributed by atoms with van der Waals surface area (Å²) in [6.07, 6.45) is 1.27. The second kappa shape index (κ2) is 6.58. The first-order valence-corrected chi connectivity index (χ1v) is 6.49. The molecule has 0 amide bonds. The molecule has 1 saturated heterocycles. The molecule has 0 saturated carbocycles. The van der Waals surface area contributed by atoms with Crippen molar-refractivity contribution >= 4 is 0 Å². The first kappa shape index (κ1) is 13.9. The Hall–Kier alpha value is -0.120. The number of rotatable bonds is 6. The van der Waals surface area contributed by atoms with Gasteiger partial charge in [0.25, 0.3) is 0 Å². The molecule has 96 valence electrons. The molecule has 16 heavy (non-hydrogen) atoms. The van der Waals surface area contributed by atoms with Gasteiger partial charge in [-0.2, -0.15) is 0 Å². The number of hydrogen-bond donors (Lipinski definition) is 1. The lowest BCUT2D eigenvalue weighted by Gasteiger charge is -2.30. The molecule has 3 nitrogen and oxygen atoms in total. The van der Waals surface area contributed by atoms with E-state index >= 15 is 0 Å². The normalized spacial score (nSPS) is 27.9. The van der Waals surface area contributed by atoms with E-state index in [2.05, 4.69) is 38.0 Å². The molecular weight excluding hydrogens is 200 g/mol. The van der Waals surface area contributed by atoms with Crippen molar-refractivity contribution in [3.63, 3.8) is 0 Å². The van der Waals surface area contributed by atoms with Gasteiger partial charge < -0.3 is 15.0 Å². The predicted molar refractivity (Wildman–Crippen MR) is 68.7 cm³/mol. The molecule has 0 bridgehead atoms. The Morgan fingerprint density at radius 1 is 1.31 bits per heavy atom. The largest absolute Gasteiger partial charge is 0.379 e. The molecule has 1 fully saturated rings. The molecule has 0 radical (unpaired) electrons. The highest BCUT2D eigenvalue weighted by atomic mass is 16.5. The van der Waals surface area contributed by atoms with Gasteiger partial charge in [-0.15, -0.1) is 0 Å². The maximum atomic E-state index is 5.53. The van der Waals surface area contributed by atoms with Gasteiger partial charge in [0.15, 0.2) is 0 Å². The van der Waals surface area contributed by atoms with Crippen LogP contribution in [-0.2, 0) is 4.74 Å². The molecule has 0 aromatic heterocycles. The average molecular weight is 228 g/mol. The third kappa shape index (κ3) is 4.04. The molecule has 1 N–H and O–H groups in total. The smallest absolute Gasteiger partial charge is 0.0623 e. The fourth-order valence-electron chi connectivity index (χ4n) is 2.51. The zero-order chi connectivity index (χ0) is 12.1. The summed E-state index contributed by atoms with van der Waals surface area (Å²) in [4.78, 5) is 2.48. The van der Waals surface area contributed by atoms with Gasteiger partial charge in [0.05, 0.1) is 13.2 Å². The monoisotopic (exact) mass is 228 g/mol. The van der Waals surface area contributed by atoms with Crippen LogP contribution in [0.15, 0.2) is 0 Å². The van der Waals surface area contributed by atoms with Gasteiger partial charge in [-0.05, 0) is 33.4 Å². The molecule has 0 aromatic rings. The summed E-state index contributed by atoms with van der Waals surface area (Å²) in [5.74, 6) is 1.42. The van der Waals surface area contributed by atoms with Gasteiger partial charge in [0.2, 0.25) is 0 Å². The highest BCUT2D eigenvalue weighted by Crippen LogP contribution is 2.17. The summed E-state index contributed by atoms with van der Waals surface area (Å²) in [6.45, 7) is 9.82. The van der Waals surface area contributed by atoms with Gasteiger partial charge in [-0.25, -0.2) is 0 Å². The highest BCUT2D eigenvalue weighted by molar-refractivity contribution is 4.83. The summed E-state index contributed by atoms with van der Waals surface area (Å²) in [5, 5.41) is 3.35. The Morgan fingerprint density at radius 3 is 2.56 bits per heavy atom. The van der Waals surface area contributed by atoms with E-state index in [1.165, 1.54) is 6.42 Å². The first-order valence-electron chi connectivity index (χ1n) is 6.49. The van der Waals surface area contributed by atoms with Gasteiger partial charge in [-0.3, -0.25) is 0 Å². The Bertz CT molecular complexity index is 196. The molecule has 0 aliphatic carbocycles. The van der Waals surface area contributed by atoms with E-state index in [9.17, 15) is 0 Å². The fraction of sp³-hybridized carbons (Fsp3) is 1.00. The number of likely N-dealkylation sites (N-methyl/N-ethyl adjacent to an activating group) is 1. The van der Waals surface area contributed by atoms with E-state index in [1.807, 2.05) is 7.05 Å². The zero-order valence-corrected chi connectivity index (χ0v) is 11.5. The first-order chi connectivity index (χ1) is 7.54. The van der Waals surface area contributed by atoms with Gasteiger partial charge in [0.1, 0.15) is 0 Å². The van der Waals surface area contributed by atoms with Gasteiger partial charge in [0, 0.05) is 24.5 Å². The van der Waals surface area contributed by atoms with Crippen LogP contribution in [0.3, 0.4) is 0 Å². The zero-order valence-electron chi connectivity index (χ0n) is 11.5. The molecule has 0 spiro atoms. The molecule has 1 heterocycles. The topological polar surface area (TPSA) is 24.5 Å². The third-order valence-corrected chi connectivity index (χ3v) is 3.66. The van der Waals surface area contributed by atoms with Gasteiger partial charge >= 0.3 is 0 Å². The van der Waals surface area contributed by atoms with Crippen molar-refractivity contribution in [2.24, 2.45) is 11.8 Å². The second-order valence-electron chi connectivity index (χ2n) is 5.61. The van der Waals surface area contributed by atoms with Gasteiger partial charge in [-0.1, -0.05) is 13.8 Å². The minimum Gasteiger partial charge on any atom is -0.379 e. The van der Waals surface area contributed by atoms with Crippen LogP contribution in [0.2, 0.25) is 0 Å². The molecule has 1 aliphatic rings. The van der Waals surface area contributed by atoms with Crippen molar-refractivity contribution in [2.45, 2.75) is 39.3 Å². The van der Waals surface area contributed by atoms with Crippen molar-refractivity contribution in [2.75, 3.05) is 33.9 Å². The lowest BCUT2D eigenvalue weighted by molar-refractivity contribution is 0.157. The lowest BCUT2D eigenvalue weighted by Crippen LogP contribution is -2.42. The quantitative estimate of drug-likeness (QED) is 0.747. The molecule has 3 atom stereocenters. The number of hydrogen-bond acceptors (Lipinski definition) is 3. The van der Waals surface area contributed by atoms with E-state index in [0.29, 0.717) is 18.0 Å². The molecule has 3 unspecified atom stereocenters. The maximum absolute atomic E-state index is 5.53. The summed E-state index contributed by atoms with van der Waals surface area (Å²) in [6, 6.07) is 1.20. The minimum atomic E-state index is 0.536. The molecule has 1 rings (SSSR count). The van der Waals surface area contributed by atoms with Crippen LogP contribution in [-0.4, -0.2) is 50.8 Å². The molecule has 0 aromatic carbocycles. The fourth-order valence-corrected chi connectivity index (χ4v) is 2.51. The second-order valence-corrected chi connectivity index (χ2v) is 5.61. The number of nitrogens with one attached hydrogen (secondary N) is 1. The summed E-state index contributed by atoms with van der Waals surface area (Å²) < 4.78 is 5.53. The van der Waals surface area contributed by atoms with Crippen molar-refractivity contribution in [1.82, 2.24) is 10.2 Å². The van der Waals surface area contributed by atoms with Crippen LogP contribution in [0, 0.1) is 11.8 Å². The summed E-state index contributed by atoms with van der Waals surface area (Å²) >= 11 is 0. The average Bonchev–Trinajstić information content (AvgIpc) is 2.64. The van der Waals surface area contributed by atoms with Crippen molar-refractivity contribution in [3.05, 3.63) is 0 Å². The van der Waals surface area contributed by atoms with Crippen LogP contribution in [0.4, 0.5) is 0 Å². The summed E-state index contributed by atoms with van der Waals surface area (Å²) in [5.41, 5.74) is 0. The molecule has 3 heteroatoms. The maximum Gasteiger partial charge on any atom is 0.0623 e. The van der Waals surface area contributed by atoms with E-state index in [1.54, 1.807) is 0 Å². The number of nitrogens with zero attached hydrogens (tertiary/aromatic N) is 1. The Kier molecular flexibility index (Phi) is 5.73. The van der Waals surface area contributed by atoms with Crippen LogP contribution in [0.25, 0.3) is 0 Å². The predicted octanol–water partition coefficient (Wildman–Crippen LogP) is 1.59. The van der Waals surface area contributed by atoms with Crippen LogP contribution >= 0.6 is 0 Å². The molecule has 1 aliphatic heterocycles. The lowest BCUT2D eigenvalue weighted by atomic mass is 10.00. The Morgan fingerprint density at radius 2 is 2.00 bits per heavy atom. The standard InChI is InChI=1S/C13H28N2O/c1-10(2)6-11(3)15(5)7-12-8-16-9-13(12)14-4/h10-14H,6-9H2,1-5H3. The summed E-state index contributed by atoms with van der Waals surface area (Å²) in [7, 11) is 4.27. The third-order valence-electron chi connectivity index (χ3n) is 3.66. The van der Waals surface area contributed by atoms with E-state index in [0.717, 1.165) is 25.7 Å². The number of ether oxygens (including phenoxy) is 1. The highest BCUT2D eigenvalue weighted by Gasteiger charge is 2.28. The van der Waals surface area contributed by atoms with E-state index in [-0.39, 0.29) is 0 Å². The Balaban J connectivity index is 2.35. The Labute approximate surface area is 101 Å². The van der Waals surface area contributed by atoms with E-state index < -0.39 is 0 Å². The van der Waals surface area contributed by atoms with Crippen molar-refractivity contribution in [3.8, 4) is 0 Å². The van der Waals surface area contributed by atoms with Crippen molar-refractivity contribution < 1.29 is 4.74 Å². The van der Waals surface area contributed by atoms with E-state index in [4.69, 9.17) is 4.74 Å².